The van der Waals surface area contributed by atoms with Crippen LogP contribution in [0.5, 0.6) is 5.75 Å². The molecule has 2 amide bonds. The zero-order valence-electron chi connectivity index (χ0n) is 17.0. The van der Waals surface area contributed by atoms with Crippen LogP contribution >= 0.6 is 11.6 Å². The van der Waals surface area contributed by atoms with Crippen LogP contribution < -0.4 is 10.1 Å². The minimum Gasteiger partial charge on any atom is -0.496 e. The normalized spacial score (nSPS) is 16.2. The van der Waals surface area contributed by atoms with E-state index in [1.807, 2.05) is 24.3 Å². The Morgan fingerprint density at radius 1 is 1.13 bits per heavy atom. The number of methoxy groups -OCH3 is 1. The molecule has 1 N–H and O–H groups in total. The number of nitrogens with one attached hydrogen (secondary N) is 1. The lowest BCUT2D eigenvalue weighted by atomic mass is 9.95. The maximum atomic E-state index is 14.0. The Balaban J connectivity index is 1.53. The third kappa shape index (κ3) is 4.35. The molecule has 0 aromatic heterocycles. The fraction of sp³-hybridized carbons (Fsp3) is 0.250. The van der Waals surface area contributed by atoms with Gasteiger partial charge in [-0.2, -0.15) is 0 Å². The van der Waals surface area contributed by atoms with Crippen molar-refractivity contribution < 1.29 is 18.7 Å². The topological polar surface area (TPSA) is 58.6 Å². The maximum Gasteiger partial charge on any atom is 0.254 e. The zero-order valence-corrected chi connectivity index (χ0v) is 17.8. The smallest absolute Gasteiger partial charge is 0.254 e. The Labute approximate surface area is 184 Å². The average molecular weight is 441 g/mol. The van der Waals surface area contributed by atoms with Gasteiger partial charge < -0.3 is 15.0 Å². The van der Waals surface area contributed by atoms with Crippen molar-refractivity contribution >= 4 is 39.9 Å². The van der Waals surface area contributed by atoms with Gasteiger partial charge in [-0.05, 0) is 48.6 Å². The van der Waals surface area contributed by atoms with Crippen molar-refractivity contribution in [2.75, 3.05) is 25.5 Å². The van der Waals surface area contributed by atoms with Crippen LogP contribution in [0.1, 0.15) is 23.2 Å². The van der Waals surface area contributed by atoms with E-state index in [4.69, 9.17) is 16.3 Å². The molecular formula is C24H22ClFN2O3. The second kappa shape index (κ2) is 8.94. The first-order valence-electron chi connectivity index (χ1n) is 10.1. The van der Waals surface area contributed by atoms with Gasteiger partial charge in [0.05, 0.1) is 18.7 Å². The van der Waals surface area contributed by atoms with Crippen LogP contribution in [0.3, 0.4) is 0 Å². The van der Waals surface area contributed by atoms with Crippen molar-refractivity contribution in [1.29, 1.82) is 0 Å². The molecule has 0 saturated carbocycles. The number of anilines is 1. The van der Waals surface area contributed by atoms with Crippen LogP contribution in [0.25, 0.3) is 10.8 Å². The summed E-state index contributed by atoms with van der Waals surface area (Å²) in [5.74, 6) is -0.744. The van der Waals surface area contributed by atoms with Crippen LogP contribution in [0.15, 0.2) is 54.6 Å². The first kappa shape index (κ1) is 21.1. The number of nitrogens with zero attached hydrogens (tertiary/aromatic N) is 1. The Kier molecular flexibility index (Phi) is 6.09. The molecule has 0 radical (unpaired) electrons. The van der Waals surface area contributed by atoms with Crippen molar-refractivity contribution in [2.45, 2.75) is 12.8 Å². The average Bonchev–Trinajstić information content (AvgIpc) is 2.79. The number of carbonyl (C=O) groups excluding carboxylic acids is 2. The molecule has 1 heterocycles. The zero-order chi connectivity index (χ0) is 22.0. The Hall–Kier alpha value is -3.12. The third-order valence-corrected chi connectivity index (χ3v) is 5.84. The molecule has 1 fully saturated rings. The van der Waals surface area contributed by atoms with Crippen LogP contribution in [0.4, 0.5) is 10.1 Å². The van der Waals surface area contributed by atoms with Gasteiger partial charge in [0.15, 0.2) is 0 Å². The lowest BCUT2D eigenvalue weighted by Gasteiger charge is -2.32. The fourth-order valence-electron chi connectivity index (χ4n) is 4.01. The highest BCUT2D eigenvalue weighted by Gasteiger charge is 2.30. The van der Waals surface area contributed by atoms with Gasteiger partial charge in [0.1, 0.15) is 11.6 Å². The summed E-state index contributed by atoms with van der Waals surface area (Å²) in [5, 5.41) is 4.55. The summed E-state index contributed by atoms with van der Waals surface area (Å²) in [6, 6.07) is 15.2. The highest BCUT2D eigenvalue weighted by molar-refractivity contribution is 6.30. The maximum absolute atomic E-state index is 14.0. The molecule has 0 aliphatic carbocycles. The molecule has 1 saturated heterocycles. The lowest BCUT2D eigenvalue weighted by Crippen LogP contribution is -2.43. The minimum absolute atomic E-state index is 0.0824. The van der Waals surface area contributed by atoms with Crippen LogP contribution in [0.2, 0.25) is 5.02 Å². The number of halogens is 2. The number of piperidine rings is 1. The molecule has 0 unspecified atom stereocenters. The van der Waals surface area contributed by atoms with Gasteiger partial charge >= 0.3 is 0 Å². The van der Waals surface area contributed by atoms with Gasteiger partial charge in [0.2, 0.25) is 5.91 Å². The number of amides is 2. The van der Waals surface area contributed by atoms with Crippen molar-refractivity contribution in [1.82, 2.24) is 4.90 Å². The van der Waals surface area contributed by atoms with E-state index >= 15 is 0 Å². The molecule has 31 heavy (non-hydrogen) atoms. The van der Waals surface area contributed by atoms with E-state index in [1.165, 1.54) is 12.1 Å². The summed E-state index contributed by atoms with van der Waals surface area (Å²) in [7, 11) is 1.60. The number of hydrogen-bond acceptors (Lipinski definition) is 3. The summed E-state index contributed by atoms with van der Waals surface area (Å²) >= 11 is 5.77. The first-order chi connectivity index (χ1) is 15.0. The molecule has 3 aromatic rings. The summed E-state index contributed by atoms with van der Waals surface area (Å²) in [5.41, 5.74) is 0.653. The summed E-state index contributed by atoms with van der Waals surface area (Å²) in [6.45, 7) is 0.846. The van der Waals surface area contributed by atoms with Gasteiger partial charge in [-0.15, -0.1) is 0 Å². The van der Waals surface area contributed by atoms with E-state index in [0.717, 1.165) is 16.8 Å². The number of fused-ring (bicyclic) bond motifs is 1. The fourth-order valence-corrected chi connectivity index (χ4v) is 4.17. The first-order valence-corrected chi connectivity index (χ1v) is 10.5. The molecule has 0 spiro atoms. The van der Waals surface area contributed by atoms with Crippen LogP contribution in [0, 0.1) is 11.7 Å². The molecule has 160 valence electrons. The van der Waals surface area contributed by atoms with Crippen molar-refractivity contribution in [3.63, 3.8) is 0 Å². The van der Waals surface area contributed by atoms with Gasteiger partial charge in [0.25, 0.3) is 5.91 Å². The van der Waals surface area contributed by atoms with Crippen LogP contribution in [-0.2, 0) is 4.79 Å². The Morgan fingerprint density at radius 2 is 1.90 bits per heavy atom. The number of rotatable bonds is 4. The number of likely N-dealkylation sites (tertiary alicyclic amines) is 1. The lowest BCUT2D eigenvalue weighted by molar-refractivity contribution is -0.121. The van der Waals surface area contributed by atoms with Gasteiger partial charge in [-0.3, -0.25) is 9.59 Å². The summed E-state index contributed by atoms with van der Waals surface area (Å²) in [6.07, 6.45) is 1.33. The number of ether oxygens (including phenoxy) is 1. The molecule has 0 bridgehead atoms. The Morgan fingerprint density at radius 3 is 2.65 bits per heavy atom. The van der Waals surface area contributed by atoms with E-state index in [9.17, 15) is 14.0 Å². The Bertz CT molecular complexity index is 1150. The van der Waals surface area contributed by atoms with Gasteiger partial charge in [-0.25, -0.2) is 4.39 Å². The minimum atomic E-state index is -0.589. The predicted octanol–water partition coefficient (Wildman–Crippen LogP) is 5.13. The van der Waals surface area contributed by atoms with E-state index in [1.54, 1.807) is 24.1 Å². The molecule has 3 aromatic carbocycles. The second-order valence-electron chi connectivity index (χ2n) is 7.56. The van der Waals surface area contributed by atoms with E-state index < -0.39 is 11.7 Å². The van der Waals surface area contributed by atoms with Gasteiger partial charge in [0, 0.05) is 29.1 Å². The molecule has 1 aliphatic heterocycles. The molecular weight excluding hydrogens is 419 g/mol. The van der Waals surface area contributed by atoms with E-state index in [-0.39, 0.29) is 29.1 Å². The van der Waals surface area contributed by atoms with Crippen LogP contribution in [-0.4, -0.2) is 36.9 Å². The molecule has 4 rings (SSSR count). The van der Waals surface area contributed by atoms with E-state index in [0.29, 0.717) is 30.7 Å². The van der Waals surface area contributed by atoms with E-state index in [2.05, 4.69) is 5.32 Å². The quantitative estimate of drug-likeness (QED) is 0.611. The highest BCUT2D eigenvalue weighted by Crippen LogP contribution is 2.30. The predicted molar refractivity (Wildman–Crippen MR) is 119 cm³/mol. The number of hydrogen-bond donors (Lipinski definition) is 1. The summed E-state index contributed by atoms with van der Waals surface area (Å²) < 4.78 is 19.5. The molecule has 1 atom stereocenters. The number of carbonyl (C=O) groups is 2. The largest absolute Gasteiger partial charge is 0.496 e. The highest BCUT2D eigenvalue weighted by atomic mass is 35.5. The summed E-state index contributed by atoms with van der Waals surface area (Å²) in [4.78, 5) is 27.7. The molecule has 5 nitrogen and oxygen atoms in total. The van der Waals surface area contributed by atoms with Gasteiger partial charge in [-0.1, -0.05) is 35.9 Å². The second-order valence-corrected chi connectivity index (χ2v) is 8.00. The van der Waals surface area contributed by atoms with Crippen molar-refractivity contribution in [3.05, 3.63) is 71.0 Å². The molecule has 7 heteroatoms. The third-order valence-electron chi connectivity index (χ3n) is 5.60. The van der Waals surface area contributed by atoms with Crippen molar-refractivity contribution in [3.8, 4) is 5.75 Å². The molecule has 1 aliphatic rings. The number of benzene rings is 3. The van der Waals surface area contributed by atoms with Crippen molar-refractivity contribution in [2.24, 2.45) is 5.92 Å². The standard InChI is InChI=1S/C24H22ClFN2O3/c1-31-22-11-9-19(17-6-2-3-7-18(17)22)24(30)28-12-4-5-15(14-28)23(29)27-21-10-8-16(25)13-20(21)26/h2-3,6-11,13,15H,4-5,12,14H2,1H3,(H,27,29)/t15-/m0/s1. The SMILES string of the molecule is COc1ccc(C(=O)N2CCC[C@H](C(=O)Nc3ccc(Cl)cc3F)C2)c2ccccc12. The monoisotopic (exact) mass is 440 g/mol.